The van der Waals surface area contributed by atoms with Crippen LogP contribution in [0.15, 0.2) is 42.5 Å². The zero-order valence-corrected chi connectivity index (χ0v) is 11.5. The predicted octanol–water partition coefficient (Wildman–Crippen LogP) is 3.91. The third-order valence-corrected chi connectivity index (χ3v) is 2.97. The second kappa shape index (κ2) is 5.76. The fourth-order valence-corrected chi connectivity index (χ4v) is 1.98. The van der Waals surface area contributed by atoms with E-state index in [9.17, 15) is 4.79 Å². The molecule has 0 heterocycles. The summed E-state index contributed by atoms with van der Waals surface area (Å²) in [6.45, 7) is 1.90. The number of nitrogens with one attached hydrogen (secondary N) is 1. The van der Waals surface area contributed by atoms with Gasteiger partial charge in [-0.15, -0.1) is 0 Å². The molecule has 2 aromatic rings. The minimum absolute atomic E-state index is 0.173. The minimum Gasteiger partial charge on any atom is -0.496 e. The third-order valence-electron chi connectivity index (χ3n) is 2.74. The summed E-state index contributed by atoms with van der Waals surface area (Å²) in [5, 5.41) is 3.39. The number of amides is 1. The Labute approximate surface area is 117 Å². The van der Waals surface area contributed by atoms with E-state index in [4.69, 9.17) is 16.3 Å². The lowest BCUT2D eigenvalue weighted by Gasteiger charge is -2.08. The molecule has 1 N–H and O–H groups in total. The van der Waals surface area contributed by atoms with E-state index in [1.165, 1.54) is 0 Å². The predicted molar refractivity (Wildman–Crippen MR) is 77.1 cm³/mol. The first-order valence-corrected chi connectivity index (χ1v) is 6.19. The molecule has 0 aliphatic heterocycles. The van der Waals surface area contributed by atoms with E-state index in [0.717, 1.165) is 11.3 Å². The van der Waals surface area contributed by atoms with Gasteiger partial charge in [0.1, 0.15) is 5.75 Å². The van der Waals surface area contributed by atoms with Crippen molar-refractivity contribution in [2.24, 2.45) is 0 Å². The number of hydrogen-bond acceptors (Lipinski definition) is 2. The van der Waals surface area contributed by atoms with Crippen LogP contribution in [0.3, 0.4) is 0 Å². The van der Waals surface area contributed by atoms with Gasteiger partial charge in [0, 0.05) is 16.3 Å². The Hall–Kier alpha value is -2.00. The number of benzene rings is 2. The monoisotopic (exact) mass is 275 g/mol. The van der Waals surface area contributed by atoms with Crippen LogP contribution in [0, 0.1) is 6.92 Å². The number of ether oxygens (including phenoxy) is 1. The van der Waals surface area contributed by atoms with Gasteiger partial charge in [-0.05, 0) is 48.9 Å². The number of anilines is 1. The second-order valence-electron chi connectivity index (χ2n) is 4.15. The normalized spacial score (nSPS) is 10.1. The molecule has 0 aliphatic rings. The fraction of sp³-hybridized carbons (Fsp3) is 0.133. The largest absolute Gasteiger partial charge is 0.496 e. The molecular weight excluding hydrogens is 262 g/mol. The Morgan fingerprint density at radius 3 is 2.63 bits per heavy atom. The molecule has 3 nitrogen and oxygen atoms in total. The van der Waals surface area contributed by atoms with Crippen molar-refractivity contribution in [3.8, 4) is 5.75 Å². The van der Waals surface area contributed by atoms with Crippen molar-refractivity contribution in [1.29, 1.82) is 0 Å². The second-order valence-corrected chi connectivity index (χ2v) is 4.59. The molecule has 4 heteroatoms. The van der Waals surface area contributed by atoms with Crippen LogP contribution in [0.25, 0.3) is 0 Å². The summed E-state index contributed by atoms with van der Waals surface area (Å²) in [5.41, 5.74) is 2.17. The van der Waals surface area contributed by atoms with Crippen molar-refractivity contribution in [3.05, 3.63) is 58.6 Å². The van der Waals surface area contributed by atoms with Crippen LogP contribution in [0.4, 0.5) is 5.69 Å². The molecule has 0 saturated heterocycles. The van der Waals surface area contributed by atoms with Crippen LogP contribution in [0.1, 0.15) is 15.9 Å². The zero-order valence-electron chi connectivity index (χ0n) is 10.7. The number of halogens is 1. The van der Waals surface area contributed by atoms with Crippen molar-refractivity contribution in [2.75, 3.05) is 12.4 Å². The molecule has 2 aromatic carbocycles. The Morgan fingerprint density at radius 1 is 1.21 bits per heavy atom. The smallest absolute Gasteiger partial charge is 0.255 e. The molecule has 0 bridgehead atoms. The summed E-state index contributed by atoms with van der Waals surface area (Å²) in [6.07, 6.45) is 0. The van der Waals surface area contributed by atoms with Gasteiger partial charge in [0.2, 0.25) is 0 Å². The molecule has 1 amide bonds. The first kappa shape index (κ1) is 13.4. The first-order valence-electron chi connectivity index (χ1n) is 5.81. The number of hydrogen-bond donors (Lipinski definition) is 1. The van der Waals surface area contributed by atoms with Gasteiger partial charge < -0.3 is 10.1 Å². The molecule has 0 saturated carbocycles. The van der Waals surface area contributed by atoms with E-state index >= 15 is 0 Å². The van der Waals surface area contributed by atoms with Crippen molar-refractivity contribution >= 4 is 23.2 Å². The summed E-state index contributed by atoms with van der Waals surface area (Å²) in [5.74, 6) is 0.590. The van der Waals surface area contributed by atoms with Crippen LogP contribution < -0.4 is 10.1 Å². The molecule has 0 atom stereocenters. The van der Waals surface area contributed by atoms with Crippen LogP contribution in [-0.2, 0) is 0 Å². The van der Waals surface area contributed by atoms with Crippen LogP contribution in [0.5, 0.6) is 5.75 Å². The topological polar surface area (TPSA) is 38.3 Å². The Balaban J connectivity index is 2.18. The Morgan fingerprint density at radius 2 is 2.00 bits per heavy atom. The summed E-state index contributed by atoms with van der Waals surface area (Å²) >= 11 is 5.87. The number of carbonyl (C=O) groups is 1. The summed E-state index contributed by atoms with van der Waals surface area (Å²) in [4.78, 5) is 12.1. The fourth-order valence-electron chi connectivity index (χ4n) is 1.79. The van der Waals surface area contributed by atoms with Gasteiger partial charge in [-0.3, -0.25) is 4.79 Å². The average Bonchev–Trinajstić information content (AvgIpc) is 2.38. The molecule has 19 heavy (non-hydrogen) atoms. The molecule has 0 aliphatic carbocycles. The lowest BCUT2D eigenvalue weighted by atomic mass is 10.1. The van der Waals surface area contributed by atoms with Crippen molar-refractivity contribution in [1.82, 2.24) is 0 Å². The van der Waals surface area contributed by atoms with Crippen molar-refractivity contribution in [3.63, 3.8) is 0 Å². The molecule has 0 radical (unpaired) electrons. The van der Waals surface area contributed by atoms with E-state index < -0.39 is 0 Å². The number of carbonyl (C=O) groups excluding carboxylic acids is 1. The van der Waals surface area contributed by atoms with E-state index in [1.807, 2.05) is 6.92 Å². The molecule has 98 valence electrons. The van der Waals surface area contributed by atoms with Crippen molar-refractivity contribution in [2.45, 2.75) is 6.92 Å². The van der Waals surface area contributed by atoms with Gasteiger partial charge in [-0.25, -0.2) is 0 Å². The maximum Gasteiger partial charge on any atom is 0.255 e. The molecule has 0 spiro atoms. The number of rotatable bonds is 3. The standard InChI is InChI=1S/C15H14ClNO2/c1-10-8-11(6-7-14(10)19-2)15(18)17-13-5-3-4-12(16)9-13/h3-9H,1-2H3,(H,17,18). The quantitative estimate of drug-likeness (QED) is 0.922. The highest BCUT2D eigenvalue weighted by Gasteiger charge is 2.08. The van der Waals surface area contributed by atoms with E-state index in [1.54, 1.807) is 49.6 Å². The lowest BCUT2D eigenvalue weighted by Crippen LogP contribution is -2.12. The van der Waals surface area contributed by atoms with Crippen molar-refractivity contribution < 1.29 is 9.53 Å². The molecule has 2 rings (SSSR count). The lowest BCUT2D eigenvalue weighted by molar-refractivity contribution is 0.102. The molecular formula is C15H14ClNO2. The number of aryl methyl sites for hydroxylation is 1. The summed E-state index contributed by atoms with van der Waals surface area (Å²) < 4.78 is 5.16. The summed E-state index contributed by atoms with van der Waals surface area (Å²) in [6, 6.07) is 12.3. The average molecular weight is 276 g/mol. The van der Waals surface area contributed by atoms with E-state index in [2.05, 4.69) is 5.32 Å². The van der Waals surface area contributed by atoms with Crippen LogP contribution in [0.2, 0.25) is 5.02 Å². The van der Waals surface area contributed by atoms with Crippen LogP contribution in [-0.4, -0.2) is 13.0 Å². The highest BCUT2D eigenvalue weighted by molar-refractivity contribution is 6.30. The van der Waals surface area contributed by atoms with Gasteiger partial charge in [0.05, 0.1) is 7.11 Å². The van der Waals surface area contributed by atoms with Crippen LogP contribution >= 0.6 is 11.6 Å². The minimum atomic E-state index is -0.173. The van der Waals surface area contributed by atoms with Gasteiger partial charge in [-0.1, -0.05) is 17.7 Å². The van der Waals surface area contributed by atoms with E-state index in [0.29, 0.717) is 16.3 Å². The summed E-state index contributed by atoms with van der Waals surface area (Å²) in [7, 11) is 1.61. The number of methoxy groups -OCH3 is 1. The molecule has 0 unspecified atom stereocenters. The highest BCUT2D eigenvalue weighted by atomic mass is 35.5. The van der Waals surface area contributed by atoms with Gasteiger partial charge in [0.15, 0.2) is 0 Å². The molecule has 0 aromatic heterocycles. The van der Waals surface area contributed by atoms with Gasteiger partial charge in [-0.2, -0.15) is 0 Å². The highest BCUT2D eigenvalue weighted by Crippen LogP contribution is 2.20. The maximum atomic E-state index is 12.1. The maximum absolute atomic E-state index is 12.1. The zero-order chi connectivity index (χ0) is 13.8. The SMILES string of the molecule is COc1ccc(C(=O)Nc2cccc(Cl)c2)cc1C. The Bertz CT molecular complexity index is 611. The van der Waals surface area contributed by atoms with Gasteiger partial charge >= 0.3 is 0 Å². The Kier molecular flexibility index (Phi) is 4.07. The van der Waals surface area contributed by atoms with Gasteiger partial charge in [0.25, 0.3) is 5.91 Å². The van der Waals surface area contributed by atoms with E-state index in [-0.39, 0.29) is 5.91 Å². The molecule has 0 fully saturated rings. The third kappa shape index (κ3) is 3.26. The first-order chi connectivity index (χ1) is 9.10.